The number of halogens is 1. The Kier molecular flexibility index (Phi) is 6.79. The summed E-state index contributed by atoms with van der Waals surface area (Å²) in [5.41, 5.74) is 1.18. The molecule has 1 aliphatic rings. The zero-order valence-electron chi connectivity index (χ0n) is 16.6. The predicted molar refractivity (Wildman–Crippen MR) is 115 cm³/mol. The van der Waals surface area contributed by atoms with E-state index >= 15 is 0 Å². The third-order valence-corrected chi connectivity index (χ3v) is 7.14. The molecule has 2 amide bonds. The number of nitrogens with zero attached hydrogens (tertiary/aromatic N) is 1. The Hall–Kier alpha value is -2.43. The van der Waals surface area contributed by atoms with Crippen molar-refractivity contribution in [1.82, 2.24) is 9.62 Å². The van der Waals surface area contributed by atoms with E-state index in [0.29, 0.717) is 29.9 Å². The van der Waals surface area contributed by atoms with Gasteiger partial charge in [-0.2, -0.15) is 11.8 Å². The molecule has 0 saturated carbocycles. The number of nitrogens with one attached hydrogen (secondary N) is 2. The van der Waals surface area contributed by atoms with Crippen LogP contribution in [0.25, 0.3) is 0 Å². The van der Waals surface area contributed by atoms with Gasteiger partial charge in [0.2, 0.25) is 10.0 Å². The van der Waals surface area contributed by atoms with Gasteiger partial charge < -0.3 is 10.2 Å². The molecule has 1 saturated heterocycles. The van der Waals surface area contributed by atoms with E-state index in [-0.39, 0.29) is 10.8 Å². The standard InChI is InChI=1S/C20H22FN3O4S2/c1-13-11-14(20(26)24-7-9-29-10-8-24)3-6-18(13)23-19(25)16-12-15(4-5-17(16)21)30(27,28)22-2/h3-6,11-12,22H,7-10H2,1-2H3,(H,23,25). The number of hydrogen-bond acceptors (Lipinski definition) is 5. The van der Waals surface area contributed by atoms with E-state index in [9.17, 15) is 22.4 Å². The van der Waals surface area contributed by atoms with Crippen LogP contribution in [0, 0.1) is 12.7 Å². The van der Waals surface area contributed by atoms with Crippen LogP contribution in [-0.2, 0) is 10.0 Å². The van der Waals surface area contributed by atoms with Crippen LogP contribution >= 0.6 is 11.8 Å². The number of benzene rings is 2. The van der Waals surface area contributed by atoms with Crippen LogP contribution < -0.4 is 10.0 Å². The molecule has 0 bridgehead atoms. The molecule has 0 spiro atoms. The van der Waals surface area contributed by atoms with Crippen molar-refractivity contribution < 1.29 is 22.4 Å². The molecule has 0 aliphatic carbocycles. The van der Waals surface area contributed by atoms with Crippen LogP contribution in [0.15, 0.2) is 41.3 Å². The fourth-order valence-corrected chi connectivity index (χ4v) is 4.70. The van der Waals surface area contributed by atoms with Gasteiger partial charge in [0.25, 0.3) is 11.8 Å². The van der Waals surface area contributed by atoms with Gasteiger partial charge in [-0.3, -0.25) is 9.59 Å². The van der Waals surface area contributed by atoms with Gasteiger partial charge >= 0.3 is 0 Å². The Labute approximate surface area is 179 Å². The zero-order chi connectivity index (χ0) is 21.9. The van der Waals surface area contributed by atoms with Gasteiger partial charge in [0.1, 0.15) is 5.82 Å². The van der Waals surface area contributed by atoms with Crippen LogP contribution in [-0.4, -0.2) is 56.8 Å². The van der Waals surface area contributed by atoms with Gasteiger partial charge in [0.15, 0.2) is 0 Å². The molecule has 0 aromatic heterocycles. The first-order valence-electron chi connectivity index (χ1n) is 9.25. The van der Waals surface area contributed by atoms with Gasteiger partial charge in [-0.15, -0.1) is 0 Å². The topological polar surface area (TPSA) is 95.6 Å². The van der Waals surface area contributed by atoms with Crippen LogP contribution in [0.3, 0.4) is 0 Å². The largest absolute Gasteiger partial charge is 0.337 e. The molecule has 2 aromatic carbocycles. The number of hydrogen-bond donors (Lipinski definition) is 2. The van der Waals surface area contributed by atoms with E-state index in [2.05, 4.69) is 10.0 Å². The number of aryl methyl sites for hydroxylation is 1. The predicted octanol–water partition coefficient (Wildman–Crippen LogP) is 2.48. The van der Waals surface area contributed by atoms with Crippen molar-refractivity contribution in [3.63, 3.8) is 0 Å². The van der Waals surface area contributed by atoms with Crippen LogP contribution in [0.2, 0.25) is 0 Å². The van der Waals surface area contributed by atoms with Crippen molar-refractivity contribution in [2.24, 2.45) is 0 Å². The lowest BCUT2D eigenvalue weighted by molar-refractivity contribution is 0.0772. The van der Waals surface area contributed by atoms with Crippen LogP contribution in [0.4, 0.5) is 10.1 Å². The van der Waals surface area contributed by atoms with Gasteiger partial charge in [-0.25, -0.2) is 17.5 Å². The third-order valence-electron chi connectivity index (χ3n) is 4.78. The van der Waals surface area contributed by atoms with E-state index in [1.165, 1.54) is 7.05 Å². The van der Waals surface area contributed by atoms with E-state index in [0.717, 1.165) is 29.7 Å². The molecule has 0 radical (unpaired) electrons. The molecular weight excluding hydrogens is 429 g/mol. The summed E-state index contributed by atoms with van der Waals surface area (Å²) in [4.78, 5) is 26.8. The summed E-state index contributed by atoms with van der Waals surface area (Å²) >= 11 is 1.81. The minimum absolute atomic E-state index is 0.0627. The molecule has 10 heteroatoms. The number of sulfonamides is 1. The number of carbonyl (C=O) groups excluding carboxylic acids is 2. The van der Waals surface area contributed by atoms with Crippen LogP contribution in [0.5, 0.6) is 0 Å². The lowest BCUT2D eigenvalue weighted by Gasteiger charge is -2.26. The SMILES string of the molecule is CNS(=O)(=O)c1ccc(F)c(C(=O)Nc2ccc(C(=O)N3CCSCC3)cc2C)c1. The number of amides is 2. The molecule has 7 nitrogen and oxygen atoms in total. The minimum atomic E-state index is -3.82. The Balaban J connectivity index is 1.80. The average Bonchev–Trinajstić information content (AvgIpc) is 2.75. The summed E-state index contributed by atoms with van der Waals surface area (Å²) in [6, 6.07) is 7.89. The Morgan fingerprint density at radius 1 is 1.10 bits per heavy atom. The van der Waals surface area contributed by atoms with Crippen molar-refractivity contribution >= 4 is 39.3 Å². The van der Waals surface area contributed by atoms with E-state index in [4.69, 9.17) is 0 Å². The quantitative estimate of drug-likeness (QED) is 0.728. The molecule has 2 aromatic rings. The maximum absolute atomic E-state index is 14.2. The maximum Gasteiger partial charge on any atom is 0.258 e. The molecule has 2 N–H and O–H groups in total. The summed E-state index contributed by atoms with van der Waals surface area (Å²) in [5, 5.41) is 2.59. The second kappa shape index (κ2) is 9.15. The van der Waals surface area contributed by atoms with Gasteiger partial charge in [0.05, 0.1) is 10.5 Å². The Bertz CT molecular complexity index is 1080. The molecule has 1 fully saturated rings. The van der Waals surface area contributed by atoms with Gasteiger partial charge in [0, 0.05) is 35.8 Å². The van der Waals surface area contributed by atoms with Crippen molar-refractivity contribution in [3.05, 3.63) is 58.9 Å². The fraction of sp³-hybridized carbons (Fsp3) is 0.300. The summed E-state index contributed by atoms with van der Waals surface area (Å²) in [7, 11) is -2.59. The molecule has 3 rings (SSSR count). The summed E-state index contributed by atoms with van der Waals surface area (Å²) in [5.74, 6) is 0.137. The second-order valence-electron chi connectivity index (χ2n) is 6.74. The van der Waals surface area contributed by atoms with E-state index in [1.54, 1.807) is 30.0 Å². The van der Waals surface area contributed by atoms with E-state index < -0.39 is 27.3 Å². The van der Waals surface area contributed by atoms with Crippen molar-refractivity contribution in [2.45, 2.75) is 11.8 Å². The van der Waals surface area contributed by atoms with Crippen LogP contribution in [0.1, 0.15) is 26.3 Å². The maximum atomic E-state index is 14.2. The summed E-state index contributed by atoms with van der Waals surface area (Å²) in [6.07, 6.45) is 0. The number of carbonyl (C=O) groups is 2. The lowest BCUT2D eigenvalue weighted by atomic mass is 10.1. The number of thioether (sulfide) groups is 1. The Morgan fingerprint density at radius 2 is 1.80 bits per heavy atom. The monoisotopic (exact) mass is 451 g/mol. The highest BCUT2D eigenvalue weighted by Gasteiger charge is 2.21. The Morgan fingerprint density at radius 3 is 2.43 bits per heavy atom. The highest BCUT2D eigenvalue weighted by atomic mass is 32.2. The van der Waals surface area contributed by atoms with Crippen molar-refractivity contribution in [1.29, 1.82) is 0 Å². The first-order chi connectivity index (χ1) is 14.2. The molecule has 1 heterocycles. The molecule has 160 valence electrons. The number of rotatable bonds is 5. The third kappa shape index (κ3) is 4.82. The van der Waals surface area contributed by atoms with Crippen molar-refractivity contribution in [3.8, 4) is 0 Å². The minimum Gasteiger partial charge on any atom is -0.337 e. The highest BCUT2D eigenvalue weighted by Crippen LogP contribution is 2.22. The number of anilines is 1. The molecular formula is C20H22FN3O4S2. The zero-order valence-corrected chi connectivity index (χ0v) is 18.2. The summed E-state index contributed by atoms with van der Waals surface area (Å²) in [6.45, 7) is 3.13. The molecule has 0 atom stereocenters. The van der Waals surface area contributed by atoms with Gasteiger partial charge in [-0.1, -0.05) is 0 Å². The van der Waals surface area contributed by atoms with Crippen molar-refractivity contribution in [2.75, 3.05) is 37.0 Å². The summed E-state index contributed by atoms with van der Waals surface area (Å²) < 4.78 is 40.1. The van der Waals surface area contributed by atoms with E-state index in [1.807, 2.05) is 11.8 Å². The second-order valence-corrected chi connectivity index (χ2v) is 9.85. The first-order valence-corrected chi connectivity index (χ1v) is 11.9. The fourth-order valence-electron chi connectivity index (χ4n) is 3.04. The smallest absolute Gasteiger partial charge is 0.258 e. The normalized spacial score (nSPS) is 14.4. The molecule has 30 heavy (non-hydrogen) atoms. The molecule has 0 unspecified atom stereocenters. The first kappa shape index (κ1) is 22.3. The average molecular weight is 452 g/mol. The van der Waals surface area contributed by atoms with Gasteiger partial charge in [-0.05, 0) is 55.9 Å². The highest BCUT2D eigenvalue weighted by molar-refractivity contribution is 7.99. The lowest BCUT2D eigenvalue weighted by Crippen LogP contribution is -2.37. The molecule has 1 aliphatic heterocycles.